The summed E-state index contributed by atoms with van der Waals surface area (Å²) in [6.07, 6.45) is 4.57. The van der Waals surface area contributed by atoms with Crippen molar-refractivity contribution in [2.24, 2.45) is 0 Å². The normalized spacial score (nSPS) is 15.5. The third kappa shape index (κ3) is 2.55. The van der Waals surface area contributed by atoms with Crippen LogP contribution in [0.25, 0.3) is 0 Å². The fourth-order valence-electron chi connectivity index (χ4n) is 0.933. The molecular weight excluding hydrogens is 152 g/mol. The highest BCUT2D eigenvalue weighted by molar-refractivity contribution is 5.01. The van der Waals surface area contributed by atoms with Gasteiger partial charge in [0, 0.05) is 6.42 Å². The van der Waals surface area contributed by atoms with Crippen molar-refractivity contribution in [2.75, 3.05) is 0 Å². The lowest BCUT2D eigenvalue weighted by Crippen LogP contribution is -2.20. The Hall–Kier alpha value is -1.02. The molecule has 12 heavy (non-hydrogen) atoms. The fraction of sp³-hybridized carbons (Fsp3) is 0.400. The van der Waals surface area contributed by atoms with Gasteiger partial charge in [0.1, 0.15) is 5.76 Å². The van der Waals surface area contributed by atoms with Crippen molar-refractivity contribution in [3.8, 4) is 0 Å². The zero-order valence-corrected chi connectivity index (χ0v) is 7.29. The topological polar surface area (TPSA) is 33.4 Å². The summed E-state index contributed by atoms with van der Waals surface area (Å²) in [6, 6.07) is 3.75. The number of rotatable bonds is 4. The van der Waals surface area contributed by atoms with Crippen LogP contribution in [0.1, 0.15) is 19.1 Å². The second-order valence-electron chi connectivity index (χ2n) is 3.14. The van der Waals surface area contributed by atoms with Gasteiger partial charge in [-0.2, -0.15) is 0 Å². The maximum Gasteiger partial charge on any atom is 0.103 e. The minimum atomic E-state index is -0.785. The van der Waals surface area contributed by atoms with Crippen LogP contribution in [0, 0.1) is 0 Å². The van der Waals surface area contributed by atoms with Crippen LogP contribution in [0.3, 0.4) is 0 Å². The summed E-state index contributed by atoms with van der Waals surface area (Å²) in [4.78, 5) is 0. The summed E-state index contributed by atoms with van der Waals surface area (Å²) in [7, 11) is 0. The lowest BCUT2D eigenvalue weighted by atomic mass is 10.00. The van der Waals surface area contributed by atoms with Crippen molar-refractivity contribution >= 4 is 0 Å². The zero-order valence-electron chi connectivity index (χ0n) is 7.29. The van der Waals surface area contributed by atoms with E-state index in [1.165, 1.54) is 0 Å². The summed E-state index contributed by atoms with van der Waals surface area (Å²) in [5.41, 5.74) is -0.785. The van der Waals surface area contributed by atoms with E-state index >= 15 is 0 Å². The molecule has 1 aromatic rings. The molecule has 0 aromatic carbocycles. The van der Waals surface area contributed by atoms with Gasteiger partial charge in [-0.3, -0.25) is 0 Å². The Balaban J connectivity index is 2.41. The van der Waals surface area contributed by atoms with E-state index in [-0.39, 0.29) is 0 Å². The third-order valence-corrected chi connectivity index (χ3v) is 1.90. The largest absolute Gasteiger partial charge is 0.469 e. The summed E-state index contributed by atoms with van der Waals surface area (Å²) >= 11 is 0. The molecule has 1 atom stereocenters. The van der Waals surface area contributed by atoms with Gasteiger partial charge in [-0.1, -0.05) is 6.08 Å². The Morgan fingerprint density at radius 2 is 2.50 bits per heavy atom. The molecule has 0 aliphatic rings. The number of aryl methyl sites for hydroxylation is 1. The van der Waals surface area contributed by atoms with Crippen LogP contribution >= 0.6 is 0 Å². The molecular formula is C10H14O2. The Labute approximate surface area is 72.5 Å². The standard InChI is InChI=1S/C10H14O2/c1-3-10(2,11)7-6-9-5-4-8-12-9/h3-5,8,11H,1,6-7H2,2H3. The Kier molecular flexibility index (Phi) is 2.71. The van der Waals surface area contributed by atoms with E-state index in [1.54, 1.807) is 19.3 Å². The van der Waals surface area contributed by atoms with Crippen LogP contribution in [0.15, 0.2) is 35.5 Å². The van der Waals surface area contributed by atoms with Gasteiger partial charge < -0.3 is 9.52 Å². The van der Waals surface area contributed by atoms with E-state index in [1.807, 2.05) is 12.1 Å². The van der Waals surface area contributed by atoms with Gasteiger partial charge in [-0.25, -0.2) is 0 Å². The molecule has 1 N–H and O–H groups in total. The monoisotopic (exact) mass is 166 g/mol. The highest BCUT2D eigenvalue weighted by Crippen LogP contribution is 2.14. The van der Waals surface area contributed by atoms with Crippen LogP contribution in [-0.2, 0) is 6.42 Å². The van der Waals surface area contributed by atoms with E-state index in [2.05, 4.69) is 6.58 Å². The molecule has 0 aliphatic carbocycles. The first-order chi connectivity index (χ1) is 5.64. The van der Waals surface area contributed by atoms with Gasteiger partial charge in [0.2, 0.25) is 0 Å². The molecule has 0 aliphatic heterocycles. The van der Waals surface area contributed by atoms with Crippen LogP contribution in [0.2, 0.25) is 0 Å². The van der Waals surface area contributed by atoms with Crippen molar-refractivity contribution in [3.05, 3.63) is 36.8 Å². The summed E-state index contributed by atoms with van der Waals surface area (Å²) in [5.74, 6) is 0.900. The molecule has 0 saturated carbocycles. The molecule has 0 bridgehead atoms. The average Bonchev–Trinajstić information content (AvgIpc) is 2.53. The first-order valence-corrected chi connectivity index (χ1v) is 4.02. The lowest BCUT2D eigenvalue weighted by Gasteiger charge is -2.16. The van der Waals surface area contributed by atoms with Gasteiger partial charge in [0.15, 0.2) is 0 Å². The van der Waals surface area contributed by atoms with E-state index in [9.17, 15) is 5.11 Å². The number of hydrogen-bond donors (Lipinski definition) is 1. The van der Waals surface area contributed by atoms with E-state index in [4.69, 9.17) is 4.42 Å². The van der Waals surface area contributed by atoms with Gasteiger partial charge in [0.05, 0.1) is 11.9 Å². The highest BCUT2D eigenvalue weighted by atomic mass is 16.3. The molecule has 2 heteroatoms. The molecule has 1 rings (SSSR count). The van der Waals surface area contributed by atoms with Gasteiger partial charge in [-0.05, 0) is 25.5 Å². The second-order valence-corrected chi connectivity index (χ2v) is 3.14. The average molecular weight is 166 g/mol. The van der Waals surface area contributed by atoms with E-state index in [0.717, 1.165) is 12.2 Å². The molecule has 66 valence electrons. The Morgan fingerprint density at radius 1 is 1.75 bits per heavy atom. The predicted molar refractivity (Wildman–Crippen MR) is 47.8 cm³/mol. The van der Waals surface area contributed by atoms with Crippen molar-refractivity contribution in [1.29, 1.82) is 0 Å². The summed E-state index contributed by atoms with van der Waals surface area (Å²) < 4.78 is 5.13. The molecule has 2 nitrogen and oxygen atoms in total. The summed E-state index contributed by atoms with van der Waals surface area (Å²) in [5, 5.41) is 9.56. The van der Waals surface area contributed by atoms with Crippen LogP contribution in [-0.4, -0.2) is 10.7 Å². The van der Waals surface area contributed by atoms with E-state index < -0.39 is 5.60 Å². The predicted octanol–water partition coefficient (Wildman–Crippen LogP) is 2.15. The third-order valence-electron chi connectivity index (χ3n) is 1.90. The highest BCUT2D eigenvalue weighted by Gasteiger charge is 2.15. The lowest BCUT2D eigenvalue weighted by molar-refractivity contribution is 0.101. The number of furan rings is 1. The number of hydrogen-bond acceptors (Lipinski definition) is 2. The SMILES string of the molecule is C=CC(C)(O)CCc1ccco1. The molecule has 1 aromatic heterocycles. The van der Waals surface area contributed by atoms with Crippen LogP contribution in [0.4, 0.5) is 0 Å². The van der Waals surface area contributed by atoms with Crippen molar-refractivity contribution in [2.45, 2.75) is 25.4 Å². The van der Waals surface area contributed by atoms with Crippen molar-refractivity contribution in [1.82, 2.24) is 0 Å². The van der Waals surface area contributed by atoms with Crippen molar-refractivity contribution < 1.29 is 9.52 Å². The smallest absolute Gasteiger partial charge is 0.103 e. The fourth-order valence-corrected chi connectivity index (χ4v) is 0.933. The quantitative estimate of drug-likeness (QED) is 0.695. The minimum absolute atomic E-state index is 0.643. The molecule has 0 spiro atoms. The van der Waals surface area contributed by atoms with Gasteiger partial charge in [-0.15, -0.1) is 6.58 Å². The molecule has 0 fully saturated rings. The molecule has 1 unspecified atom stereocenters. The maximum absolute atomic E-state index is 9.56. The molecule has 0 saturated heterocycles. The minimum Gasteiger partial charge on any atom is -0.469 e. The van der Waals surface area contributed by atoms with Crippen LogP contribution < -0.4 is 0 Å². The maximum atomic E-state index is 9.56. The molecule has 1 heterocycles. The summed E-state index contributed by atoms with van der Waals surface area (Å²) in [6.45, 7) is 5.29. The first-order valence-electron chi connectivity index (χ1n) is 4.02. The first kappa shape index (κ1) is 9.07. The van der Waals surface area contributed by atoms with Gasteiger partial charge in [0.25, 0.3) is 0 Å². The second kappa shape index (κ2) is 3.59. The van der Waals surface area contributed by atoms with E-state index in [0.29, 0.717) is 6.42 Å². The van der Waals surface area contributed by atoms with Crippen LogP contribution in [0.5, 0.6) is 0 Å². The Morgan fingerprint density at radius 3 is 3.00 bits per heavy atom. The number of aliphatic hydroxyl groups is 1. The molecule has 0 radical (unpaired) electrons. The molecule has 0 amide bonds. The zero-order chi connectivity index (χ0) is 9.03. The van der Waals surface area contributed by atoms with Gasteiger partial charge >= 0.3 is 0 Å². The van der Waals surface area contributed by atoms with Crippen molar-refractivity contribution in [3.63, 3.8) is 0 Å². The Bertz CT molecular complexity index is 234.